The summed E-state index contributed by atoms with van der Waals surface area (Å²) in [7, 11) is 0. The molecule has 3 N–H and O–H groups in total. The molecule has 1 aromatic carbocycles. The van der Waals surface area contributed by atoms with Gasteiger partial charge in [0.25, 0.3) is 5.91 Å². The van der Waals surface area contributed by atoms with Crippen molar-refractivity contribution in [2.75, 3.05) is 0 Å². The lowest BCUT2D eigenvalue weighted by Crippen LogP contribution is -2.22. The standard InChI is InChI=1S/C12H11BrN4O4/c13-9-2-1-7(3-10(9)18)12(21)14-4-8-5-17(16-15-8)6-11(19)20/h1-3,5,18H,4,6H2,(H,14,21)(H,19,20). The van der Waals surface area contributed by atoms with E-state index < -0.39 is 5.97 Å². The van der Waals surface area contributed by atoms with Crippen LogP contribution in [-0.2, 0) is 17.9 Å². The first kappa shape index (κ1) is 15.0. The number of carboxylic acids is 1. The third-order valence-corrected chi connectivity index (χ3v) is 3.19. The molecule has 9 heteroatoms. The second-order valence-electron chi connectivity index (χ2n) is 4.15. The van der Waals surface area contributed by atoms with Crippen molar-refractivity contribution in [3.8, 4) is 5.75 Å². The molecule has 0 atom stereocenters. The van der Waals surface area contributed by atoms with E-state index in [4.69, 9.17) is 5.11 Å². The average Bonchev–Trinajstić information content (AvgIpc) is 2.86. The van der Waals surface area contributed by atoms with Crippen LogP contribution in [0.4, 0.5) is 0 Å². The number of benzene rings is 1. The fraction of sp³-hybridized carbons (Fsp3) is 0.167. The number of aromatic hydroxyl groups is 1. The van der Waals surface area contributed by atoms with Gasteiger partial charge in [-0.1, -0.05) is 5.21 Å². The van der Waals surface area contributed by atoms with Gasteiger partial charge < -0.3 is 15.5 Å². The molecular formula is C12H11BrN4O4. The van der Waals surface area contributed by atoms with E-state index in [1.165, 1.54) is 12.3 Å². The molecule has 1 amide bonds. The number of amides is 1. The van der Waals surface area contributed by atoms with Crippen molar-refractivity contribution in [3.05, 3.63) is 40.1 Å². The molecule has 1 heterocycles. The Balaban J connectivity index is 1.95. The van der Waals surface area contributed by atoms with Gasteiger partial charge in [-0.05, 0) is 34.1 Å². The third kappa shape index (κ3) is 4.02. The van der Waals surface area contributed by atoms with Crippen LogP contribution in [0, 0.1) is 0 Å². The van der Waals surface area contributed by atoms with Crippen LogP contribution in [-0.4, -0.2) is 37.1 Å². The molecule has 0 aliphatic carbocycles. The molecular weight excluding hydrogens is 344 g/mol. The fourth-order valence-electron chi connectivity index (χ4n) is 1.56. The number of hydrogen-bond acceptors (Lipinski definition) is 5. The minimum Gasteiger partial charge on any atom is -0.507 e. The number of halogens is 1. The van der Waals surface area contributed by atoms with E-state index in [1.54, 1.807) is 12.1 Å². The Morgan fingerprint density at radius 3 is 2.81 bits per heavy atom. The van der Waals surface area contributed by atoms with E-state index in [-0.39, 0.29) is 24.7 Å². The van der Waals surface area contributed by atoms with Gasteiger partial charge in [0.2, 0.25) is 0 Å². The molecule has 8 nitrogen and oxygen atoms in total. The van der Waals surface area contributed by atoms with Crippen molar-refractivity contribution in [2.45, 2.75) is 13.1 Å². The maximum atomic E-state index is 11.9. The van der Waals surface area contributed by atoms with Crippen LogP contribution in [0.5, 0.6) is 5.75 Å². The minimum absolute atomic E-state index is 0.0324. The highest BCUT2D eigenvalue weighted by molar-refractivity contribution is 9.10. The number of aliphatic carboxylic acids is 1. The molecule has 0 fully saturated rings. The first-order chi connectivity index (χ1) is 9.95. The topological polar surface area (TPSA) is 117 Å². The van der Waals surface area contributed by atoms with Crippen LogP contribution >= 0.6 is 15.9 Å². The zero-order valence-corrected chi connectivity index (χ0v) is 12.2. The number of carboxylic acid groups (broad SMARTS) is 1. The number of phenolic OH excluding ortho intramolecular Hbond substituents is 1. The highest BCUT2D eigenvalue weighted by Crippen LogP contribution is 2.24. The van der Waals surface area contributed by atoms with Gasteiger partial charge in [-0.2, -0.15) is 0 Å². The summed E-state index contributed by atoms with van der Waals surface area (Å²) in [4.78, 5) is 22.4. The molecule has 0 saturated heterocycles. The first-order valence-electron chi connectivity index (χ1n) is 5.83. The summed E-state index contributed by atoms with van der Waals surface area (Å²) in [5.74, 6) is -1.44. The zero-order chi connectivity index (χ0) is 15.4. The summed E-state index contributed by atoms with van der Waals surface area (Å²) in [6.45, 7) is -0.184. The number of hydrogen-bond donors (Lipinski definition) is 3. The summed E-state index contributed by atoms with van der Waals surface area (Å²) in [6.07, 6.45) is 1.44. The van der Waals surface area contributed by atoms with E-state index in [0.717, 1.165) is 4.68 Å². The number of rotatable bonds is 5. The number of aromatic nitrogens is 3. The highest BCUT2D eigenvalue weighted by atomic mass is 79.9. The SMILES string of the molecule is O=C(O)Cn1cc(CNC(=O)c2ccc(Br)c(O)c2)nn1. The molecule has 0 unspecified atom stereocenters. The molecule has 2 rings (SSSR count). The molecule has 2 aromatic rings. The smallest absolute Gasteiger partial charge is 0.325 e. The Bertz CT molecular complexity index is 686. The number of phenols is 1. The third-order valence-electron chi connectivity index (χ3n) is 2.52. The van der Waals surface area contributed by atoms with Gasteiger partial charge in [-0.25, -0.2) is 4.68 Å². The van der Waals surface area contributed by atoms with Gasteiger partial charge in [0, 0.05) is 5.56 Å². The largest absolute Gasteiger partial charge is 0.507 e. The van der Waals surface area contributed by atoms with E-state index in [0.29, 0.717) is 15.7 Å². The quantitative estimate of drug-likeness (QED) is 0.729. The van der Waals surface area contributed by atoms with Gasteiger partial charge in [-0.3, -0.25) is 9.59 Å². The van der Waals surface area contributed by atoms with Crippen LogP contribution in [0.15, 0.2) is 28.9 Å². The van der Waals surface area contributed by atoms with Crippen molar-refractivity contribution in [2.24, 2.45) is 0 Å². The number of nitrogens with zero attached hydrogens (tertiary/aromatic N) is 3. The summed E-state index contributed by atoms with van der Waals surface area (Å²) in [5.41, 5.74) is 0.736. The summed E-state index contributed by atoms with van der Waals surface area (Å²) < 4.78 is 1.66. The predicted molar refractivity (Wildman–Crippen MR) is 74.6 cm³/mol. The van der Waals surface area contributed by atoms with Gasteiger partial charge >= 0.3 is 5.97 Å². The number of nitrogens with one attached hydrogen (secondary N) is 1. The number of carbonyl (C=O) groups excluding carboxylic acids is 1. The second kappa shape index (κ2) is 6.35. The Hall–Kier alpha value is -2.42. The predicted octanol–water partition coefficient (Wildman–Crippen LogP) is 0.761. The van der Waals surface area contributed by atoms with Gasteiger partial charge in [-0.15, -0.1) is 5.10 Å². The van der Waals surface area contributed by atoms with Crippen molar-refractivity contribution < 1.29 is 19.8 Å². The lowest BCUT2D eigenvalue weighted by molar-refractivity contribution is -0.137. The van der Waals surface area contributed by atoms with Crippen molar-refractivity contribution in [1.29, 1.82) is 0 Å². The molecule has 0 bridgehead atoms. The molecule has 21 heavy (non-hydrogen) atoms. The molecule has 0 spiro atoms. The summed E-state index contributed by atoms with van der Waals surface area (Å²) >= 11 is 3.13. The molecule has 0 saturated carbocycles. The Morgan fingerprint density at radius 2 is 2.14 bits per heavy atom. The second-order valence-corrected chi connectivity index (χ2v) is 5.00. The van der Waals surface area contributed by atoms with Crippen molar-refractivity contribution >= 4 is 27.8 Å². The number of carbonyl (C=O) groups is 2. The Kier molecular flexibility index (Phi) is 4.53. The monoisotopic (exact) mass is 354 g/mol. The van der Waals surface area contributed by atoms with Gasteiger partial charge in [0.05, 0.1) is 17.2 Å². The highest BCUT2D eigenvalue weighted by Gasteiger charge is 2.10. The van der Waals surface area contributed by atoms with Crippen LogP contribution in [0.25, 0.3) is 0 Å². The average molecular weight is 355 g/mol. The molecule has 0 radical (unpaired) electrons. The Morgan fingerprint density at radius 1 is 1.38 bits per heavy atom. The minimum atomic E-state index is -1.03. The van der Waals surface area contributed by atoms with Crippen LogP contribution < -0.4 is 5.32 Å². The van der Waals surface area contributed by atoms with E-state index in [2.05, 4.69) is 31.6 Å². The summed E-state index contributed by atoms with van der Waals surface area (Å²) in [6, 6.07) is 4.45. The normalized spacial score (nSPS) is 10.3. The summed E-state index contributed by atoms with van der Waals surface area (Å²) in [5, 5.41) is 28.1. The maximum Gasteiger partial charge on any atom is 0.325 e. The van der Waals surface area contributed by atoms with Crippen LogP contribution in [0.2, 0.25) is 0 Å². The zero-order valence-electron chi connectivity index (χ0n) is 10.7. The fourth-order valence-corrected chi connectivity index (χ4v) is 1.81. The molecule has 110 valence electrons. The molecule has 0 aliphatic rings. The first-order valence-corrected chi connectivity index (χ1v) is 6.62. The lowest BCUT2D eigenvalue weighted by atomic mass is 10.2. The molecule has 1 aromatic heterocycles. The van der Waals surface area contributed by atoms with Crippen LogP contribution in [0.3, 0.4) is 0 Å². The maximum absolute atomic E-state index is 11.9. The van der Waals surface area contributed by atoms with Crippen molar-refractivity contribution in [3.63, 3.8) is 0 Å². The van der Waals surface area contributed by atoms with Gasteiger partial charge in [0.1, 0.15) is 18.0 Å². The van der Waals surface area contributed by atoms with Crippen molar-refractivity contribution in [1.82, 2.24) is 20.3 Å². The van der Waals surface area contributed by atoms with E-state index in [1.807, 2.05) is 0 Å². The van der Waals surface area contributed by atoms with E-state index >= 15 is 0 Å². The lowest BCUT2D eigenvalue weighted by Gasteiger charge is -2.04. The van der Waals surface area contributed by atoms with Crippen LogP contribution in [0.1, 0.15) is 16.1 Å². The molecule has 0 aliphatic heterocycles. The van der Waals surface area contributed by atoms with Gasteiger partial charge in [0.15, 0.2) is 0 Å². The Labute approximate surface area is 127 Å². The van der Waals surface area contributed by atoms with E-state index in [9.17, 15) is 14.7 Å².